The number of amidine groups is 1. The zero-order valence-corrected chi connectivity index (χ0v) is 19.0. The van der Waals surface area contributed by atoms with E-state index in [1.807, 2.05) is 79.1 Å². The number of methoxy groups -OCH3 is 1. The molecule has 1 heterocycles. The fourth-order valence-electron chi connectivity index (χ4n) is 3.11. The van der Waals surface area contributed by atoms with Crippen molar-refractivity contribution < 1.29 is 9.53 Å². The number of benzene rings is 3. The Morgan fingerprint density at radius 3 is 2.35 bits per heavy atom. The molecule has 1 fully saturated rings. The minimum atomic E-state index is -0.0376. The van der Waals surface area contributed by atoms with Crippen LogP contribution < -0.4 is 4.74 Å². The Morgan fingerprint density at radius 1 is 1.00 bits per heavy atom. The van der Waals surface area contributed by atoms with Gasteiger partial charge in [0, 0.05) is 4.90 Å². The molecule has 0 atom stereocenters. The summed E-state index contributed by atoms with van der Waals surface area (Å²) in [6, 6.07) is 25.7. The first kappa shape index (κ1) is 21.3. The molecular formula is C25H22N2O2S2. The number of aliphatic imine (C=N–C) groups is 1. The van der Waals surface area contributed by atoms with E-state index in [0.717, 1.165) is 22.6 Å². The molecule has 0 spiro atoms. The lowest BCUT2D eigenvalue weighted by molar-refractivity contribution is -0.122. The third-order valence-electron chi connectivity index (χ3n) is 4.78. The zero-order valence-electron chi connectivity index (χ0n) is 17.3. The van der Waals surface area contributed by atoms with Crippen LogP contribution in [0.2, 0.25) is 0 Å². The highest BCUT2D eigenvalue weighted by Crippen LogP contribution is 2.35. The second kappa shape index (κ2) is 9.90. The van der Waals surface area contributed by atoms with Gasteiger partial charge in [0.2, 0.25) is 0 Å². The largest absolute Gasteiger partial charge is 0.497 e. The number of rotatable bonds is 6. The fraction of sp³-hybridized carbons (Fsp3) is 0.120. The summed E-state index contributed by atoms with van der Waals surface area (Å²) >= 11 is 3.11. The molecule has 0 N–H and O–H groups in total. The van der Waals surface area contributed by atoms with E-state index in [2.05, 4.69) is 12.1 Å². The summed E-state index contributed by atoms with van der Waals surface area (Å²) in [5.74, 6) is 0.753. The molecule has 1 aliphatic rings. The Hall–Kier alpha value is -2.96. The first-order valence-corrected chi connectivity index (χ1v) is 11.8. The van der Waals surface area contributed by atoms with Gasteiger partial charge in [-0.25, -0.2) is 4.99 Å². The molecule has 1 aliphatic heterocycles. The van der Waals surface area contributed by atoms with Gasteiger partial charge in [-0.1, -0.05) is 42.5 Å². The highest BCUT2D eigenvalue weighted by molar-refractivity contribution is 8.18. The van der Waals surface area contributed by atoms with E-state index in [0.29, 0.717) is 16.6 Å². The van der Waals surface area contributed by atoms with Crippen molar-refractivity contribution in [2.24, 2.45) is 4.99 Å². The molecule has 0 radical (unpaired) electrons. The lowest BCUT2D eigenvalue weighted by atomic mass is 10.2. The normalized spacial score (nSPS) is 16.3. The SMILES string of the molecule is COc1ccc(CN2C(=O)C(=Cc3ccc(SC)cc3)SC2=Nc2ccccc2)cc1. The smallest absolute Gasteiger partial charge is 0.267 e. The maximum Gasteiger partial charge on any atom is 0.267 e. The van der Waals surface area contributed by atoms with Crippen LogP contribution in [0.5, 0.6) is 5.75 Å². The van der Waals surface area contributed by atoms with Gasteiger partial charge in [-0.15, -0.1) is 11.8 Å². The monoisotopic (exact) mass is 446 g/mol. The molecule has 0 unspecified atom stereocenters. The number of hydrogen-bond acceptors (Lipinski definition) is 5. The van der Waals surface area contributed by atoms with Crippen LogP contribution in [0.25, 0.3) is 6.08 Å². The summed E-state index contributed by atoms with van der Waals surface area (Å²) in [7, 11) is 1.64. The van der Waals surface area contributed by atoms with Crippen molar-refractivity contribution in [3.63, 3.8) is 0 Å². The molecule has 0 aromatic heterocycles. The number of nitrogens with zero attached hydrogens (tertiary/aromatic N) is 2. The summed E-state index contributed by atoms with van der Waals surface area (Å²) in [6.07, 6.45) is 3.98. The number of amides is 1. The molecule has 1 saturated heterocycles. The van der Waals surface area contributed by atoms with Crippen LogP contribution in [-0.4, -0.2) is 29.3 Å². The van der Waals surface area contributed by atoms with E-state index >= 15 is 0 Å². The van der Waals surface area contributed by atoms with Crippen molar-refractivity contribution in [2.45, 2.75) is 11.4 Å². The van der Waals surface area contributed by atoms with Gasteiger partial charge >= 0.3 is 0 Å². The summed E-state index contributed by atoms with van der Waals surface area (Å²) < 4.78 is 5.24. The molecule has 3 aromatic carbocycles. The van der Waals surface area contributed by atoms with E-state index in [1.165, 1.54) is 16.7 Å². The van der Waals surface area contributed by atoms with Crippen LogP contribution in [-0.2, 0) is 11.3 Å². The van der Waals surface area contributed by atoms with Crippen molar-refractivity contribution in [3.8, 4) is 5.75 Å². The summed E-state index contributed by atoms with van der Waals surface area (Å²) in [6.45, 7) is 0.449. The number of para-hydroxylation sites is 1. The third-order valence-corrected chi connectivity index (χ3v) is 6.53. The molecule has 4 rings (SSSR count). The van der Waals surface area contributed by atoms with Crippen molar-refractivity contribution in [2.75, 3.05) is 13.4 Å². The van der Waals surface area contributed by atoms with E-state index in [-0.39, 0.29) is 5.91 Å². The highest BCUT2D eigenvalue weighted by Gasteiger charge is 2.33. The molecule has 31 heavy (non-hydrogen) atoms. The Labute approximate surface area is 191 Å². The first-order valence-electron chi connectivity index (χ1n) is 9.78. The molecule has 4 nitrogen and oxygen atoms in total. The summed E-state index contributed by atoms with van der Waals surface area (Å²) in [5, 5.41) is 0.680. The number of thioether (sulfide) groups is 2. The van der Waals surface area contributed by atoms with E-state index < -0.39 is 0 Å². The minimum Gasteiger partial charge on any atom is -0.497 e. The first-order chi connectivity index (χ1) is 15.2. The molecule has 0 saturated carbocycles. The van der Waals surface area contributed by atoms with Crippen LogP contribution in [0.1, 0.15) is 11.1 Å². The van der Waals surface area contributed by atoms with Gasteiger partial charge in [-0.3, -0.25) is 9.69 Å². The van der Waals surface area contributed by atoms with Crippen LogP contribution in [0, 0.1) is 0 Å². The molecule has 0 bridgehead atoms. The molecular weight excluding hydrogens is 424 g/mol. The highest BCUT2D eigenvalue weighted by atomic mass is 32.2. The van der Waals surface area contributed by atoms with E-state index in [1.54, 1.807) is 23.8 Å². The number of carbonyl (C=O) groups is 1. The molecule has 1 amide bonds. The van der Waals surface area contributed by atoms with Gasteiger partial charge in [-0.05, 0) is 71.6 Å². The maximum atomic E-state index is 13.3. The second-order valence-electron chi connectivity index (χ2n) is 6.85. The Bertz CT molecular complexity index is 1110. The average Bonchev–Trinajstić information content (AvgIpc) is 3.09. The fourth-order valence-corrected chi connectivity index (χ4v) is 4.51. The lowest BCUT2D eigenvalue weighted by Gasteiger charge is -2.16. The van der Waals surface area contributed by atoms with Crippen molar-refractivity contribution in [3.05, 3.63) is 94.9 Å². The Balaban J connectivity index is 1.65. The zero-order chi connectivity index (χ0) is 21.6. The average molecular weight is 447 g/mol. The van der Waals surface area contributed by atoms with E-state index in [4.69, 9.17) is 9.73 Å². The van der Waals surface area contributed by atoms with Gasteiger partial charge in [0.1, 0.15) is 5.75 Å². The minimum absolute atomic E-state index is 0.0376. The third kappa shape index (κ3) is 5.21. The quantitative estimate of drug-likeness (QED) is 0.333. The number of ether oxygens (including phenoxy) is 1. The van der Waals surface area contributed by atoms with Crippen LogP contribution in [0.4, 0.5) is 5.69 Å². The van der Waals surface area contributed by atoms with Crippen molar-refractivity contribution in [1.29, 1.82) is 0 Å². The second-order valence-corrected chi connectivity index (χ2v) is 8.74. The predicted octanol–water partition coefficient (Wildman–Crippen LogP) is 6.22. The predicted molar refractivity (Wildman–Crippen MR) is 131 cm³/mol. The van der Waals surface area contributed by atoms with Gasteiger partial charge < -0.3 is 4.74 Å². The number of carbonyl (C=O) groups excluding carboxylic acids is 1. The number of hydrogen-bond donors (Lipinski definition) is 0. The topological polar surface area (TPSA) is 41.9 Å². The summed E-state index contributed by atoms with van der Waals surface area (Å²) in [4.78, 5) is 21.6. The standard InChI is InChI=1S/C25H22N2O2S2/c1-29-21-12-8-19(9-13-21)17-27-24(28)23(16-18-10-14-22(30-2)15-11-18)31-25(27)26-20-6-4-3-5-7-20/h3-16H,17H2,1-2H3. The van der Waals surface area contributed by atoms with E-state index in [9.17, 15) is 4.79 Å². The maximum absolute atomic E-state index is 13.3. The van der Waals surface area contributed by atoms with Gasteiger partial charge in [0.05, 0.1) is 24.2 Å². The molecule has 0 aliphatic carbocycles. The molecule has 3 aromatic rings. The Morgan fingerprint density at radius 2 is 1.71 bits per heavy atom. The van der Waals surface area contributed by atoms with Gasteiger partial charge in [0.25, 0.3) is 5.91 Å². The molecule has 6 heteroatoms. The van der Waals surface area contributed by atoms with Crippen LogP contribution in [0.15, 0.2) is 93.7 Å². The lowest BCUT2D eigenvalue weighted by Crippen LogP contribution is -2.28. The Kier molecular flexibility index (Phi) is 6.79. The molecule has 156 valence electrons. The van der Waals surface area contributed by atoms with Gasteiger partial charge in [0.15, 0.2) is 5.17 Å². The van der Waals surface area contributed by atoms with Crippen LogP contribution >= 0.6 is 23.5 Å². The van der Waals surface area contributed by atoms with Crippen LogP contribution in [0.3, 0.4) is 0 Å². The van der Waals surface area contributed by atoms with Crippen molar-refractivity contribution in [1.82, 2.24) is 4.90 Å². The summed E-state index contributed by atoms with van der Waals surface area (Å²) in [5.41, 5.74) is 2.84. The van der Waals surface area contributed by atoms with Crippen molar-refractivity contribution >= 4 is 46.4 Å². The van der Waals surface area contributed by atoms with Gasteiger partial charge in [-0.2, -0.15) is 0 Å².